The maximum Gasteiger partial charge on any atom is 0.303 e. The summed E-state index contributed by atoms with van der Waals surface area (Å²) in [4.78, 5) is 27.1. The second kappa shape index (κ2) is 6.39. The number of rotatable bonds is 4. The highest BCUT2D eigenvalue weighted by molar-refractivity contribution is 7.14. The lowest BCUT2D eigenvalue weighted by Gasteiger charge is -2.31. The van der Waals surface area contributed by atoms with Gasteiger partial charge in [0, 0.05) is 24.4 Å². The van der Waals surface area contributed by atoms with E-state index in [4.69, 9.17) is 5.11 Å². The Morgan fingerprint density at radius 1 is 1.50 bits per heavy atom. The van der Waals surface area contributed by atoms with E-state index in [1.807, 2.05) is 17.9 Å². The summed E-state index contributed by atoms with van der Waals surface area (Å²) in [6.45, 7) is 5.45. The molecule has 1 aliphatic rings. The number of carbonyl (C=O) groups is 2. The molecule has 0 saturated carbocycles. The van der Waals surface area contributed by atoms with Crippen molar-refractivity contribution in [3.8, 4) is 0 Å². The molecule has 110 valence electrons. The third-order valence-corrected chi connectivity index (χ3v) is 4.96. The van der Waals surface area contributed by atoms with Gasteiger partial charge in [-0.3, -0.25) is 9.59 Å². The molecule has 2 rings (SSSR count). The van der Waals surface area contributed by atoms with Crippen molar-refractivity contribution in [2.75, 3.05) is 13.1 Å². The van der Waals surface area contributed by atoms with Gasteiger partial charge in [0.1, 0.15) is 0 Å². The Kier molecular flexibility index (Phi) is 4.81. The van der Waals surface area contributed by atoms with Crippen molar-refractivity contribution in [2.45, 2.75) is 39.5 Å². The number of aryl methyl sites for hydroxylation is 2. The highest BCUT2D eigenvalue weighted by Gasteiger charge is 2.26. The maximum absolute atomic E-state index is 12.5. The Bertz CT molecular complexity index is 509. The van der Waals surface area contributed by atoms with Gasteiger partial charge in [-0.2, -0.15) is 0 Å². The van der Waals surface area contributed by atoms with E-state index in [1.165, 1.54) is 10.4 Å². The van der Waals surface area contributed by atoms with Crippen molar-refractivity contribution in [1.82, 2.24) is 4.90 Å². The van der Waals surface area contributed by atoms with E-state index in [2.05, 4.69) is 6.92 Å². The van der Waals surface area contributed by atoms with Crippen LogP contribution in [0.4, 0.5) is 0 Å². The van der Waals surface area contributed by atoms with Crippen LogP contribution >= 0.6 is 11.3 Å². The summed E-state index contributed by atoms with van der Waals surface area (Å²) in [7, 11) is 0. The number of amides is 1. The summed E-state index contributed by atoms with van der Waals surface area (Å²) in [6.07, 6.45) is 2.90. The average Bonchev–Trinajstić information content (AvgIpc) is 2.78. The zero-order valence-electron chi connectivity index (χ0n) is 12.0. The summed E-state index contributed by atoms with van der Waals surface area (Å²) >= 11 is 1.55. The van der Waals surface area contributed by atoms with Crippen LogP contribution in [-0.4, -0.2) is 35.0 Å². The molecule has 1 amide bonds. The summed E-state index contributed by atoms with van der Waals surface area (Å²) in [5, 5.41) is 8.88. The number of hydrogen-bond donors (Lipinski definition) is 1. The number of likely N-dealkylation sites (tertiary alicyclic amines) is 1. The molecule has 4 nitrogen and oxygen atoms in total. The lowest BCUT2D eigenvalue weighted by molar-refractivity contribution is -0.138. The van der Waals surface area contributed by atoms with E-state index in [9.17, 15) is 9.59 Å². The number of thiophene rings is 1. The van der Waals surface area contributed by atoms with Crippen LogP contribution in [0, 0.1) is 12.8 Å². The molecule has 1 aliphatic heterocycles. The molecule has 0 aromatic carbocycles. The predicted molar refractivity (Wildman–Crippen MR) is 79.3 cm³/mol. The van der Waals surface area contributed by atoms with Crippen molar-refractivity contribution in [1.29, 1.82) is 0 Å². The standard InChI is InChI=1S/C15H21NO3S/c1-3-12-8-13(20-10(12)2)15(19)16-6-4-5-11(9-16)7-14(17)18/h8,11H,3-7,9H2,1-2H3,(H,17,18). The van der Waals surface area contributed by atoms with E-state index >= 15 is 0 Å². The zero-order valence-corrected chi connectivity index (χ0v) is 12.8. The minimum absolute atomic E-state index is 0.0629. The van der Waals surface area contributed by atoms with Crippen molar-refractivity contribution >= 4 is 23.2 Å². The number of hydrogen-bond acceptors (Lipinski definition) is 3. The van der Waals surface area contributed by atoms with E-state index < -0.39 is 5.97 Å². The molecule has 1 aromatic rings. The molecule has 1 unspecified atom stereocenters. The van der Waals surface area contributed by atoms with Crippen molar-refractivity contribution in [2.24, 2.45) is 5.92 Å². The van der Waals surface area contributed by atoms with Crippen molar-refractivity contribution < 1.29 is 14.7 Å². The van der Waals surface area contributed by atoms with Crippen LogP contribution in [0.2, 0.25) is 0 Å². The Morgan fingerprint density at radius 2 is 2.25 bits per heavy atom. The number of piperidine rings is 1. The van der Waals surface area contributed by atoms with Gasteiger partial charge < -0.3 is 10.0 Å². The molecule has 5 heteroatoms. The largest absolute Gasteiger partial charge is 0.481 e. The Labute approximate surface area is 123 Å². The first-order valence-electron chi connectivity index (χ1n) is 7.11. The summed E-state index contributed by atoms with van der Waals surface area (Å²) in [5.41, 5.74) is 1.23. The van der Waals surface area contributed by atoms with Gasteiger partial charge in [-0.25, -0.2) is 0 Å². The van der Waals surface area contributed by atoms with E-state index in [0.717, 1.165) is 30.7 Å². The average molecular weight is 295 g/mol. The second-order valence-corrected chi connectivity index (χ2v) is 6.66. The molecular weight excluding hydrogens is 274 g/mol. The van der Waals surface area contributed by atoms with Crippen molar-refractivity contribution in [3.05, 3.63) is 21.4 Å². The van der Waals surface area contributed by atoms with Crippen LogP contribution in [0.3, 0.4) is 0 Å². The molecule has 1 fully saturated rings. The highest BCUT2D eigenvalue weighted by Crippen LogP contribution is 2.26. The van der Waals surface area contributed by atoms with Gasteiger partial charge in [0.25, 0.3) is 5.91 Å². The predicted octanol–water partition coefficient (Wildman–Crippen LogP) is 2.95. The second-order valence-electron chi connectivity index (χ2n) is 5.40. The lowest BCUT2D eigenvalue weighted by Crippen LogP contribution is -2.40. The van der Waals surface area contributed by atoms with Crippen LogP contribution in [0.1, 0.15) is 46.3 Å². The van der Waals surface area contributed by atoms with Crippen molar-refractivity contribution in [3.63, 3.8) is 0 Å². The Morgan fingerprint density at radius 3 is 2.85 bits per heavy atom. The molecule has 20 heavy (non-hydrogen) atoms. The number of aliphatic carboxylic acids is 1. The summed E-state index contributed by atoms with van der Waals surface area (Å²) in [6, 6.07) is 1.99. The molecule has 1 aromatic heterocycles. The number of carboxylic acid groups (broad SMARTS) is 1. The van der Waals surface area contributed by atoms with Gasteiger partial charge in [-0.1, -0.05) is 6.92 Å². The van der Waals surface area contributed by atoms with Gasteiger partial charge in [0.05, 0.1) is 4.88 Å². The minimum Gasteiger partial charge on any atom is -0.481 e. The smallest absolute Gasteiger partial charge is 0.303 e. The first-order chi connectivity index (χ1) is 9.51. The molecule has 0 bridgehead atoms. The molecule has 1 saturated heterocycles. The lowest BCUT2D eigenvalue weighted by atomic mass is 9.95. The third kappa shape index (κ3) is 3.39. The fourth-order valence-corrected chi connectivity index (χ4v) is 3.88. The number of nitrogens with zero attached hydrogens (tertiary/aromatic N) is 1. The SMILES string of the molecule is CCc1cc(C(=O)N2CCCC(CC(=O)O)C2)sc1C. The molecule has 1 N–H and O–H groups in total. The maximum atomic E-state index is 12.5. The normalized spacial score (nSPS) is 19.1. The first kappa shape index (κ1) is 15.0. The fraction of sp³-hybridized carbons (Fsp3) is 0.600. The summed E-state index contributed by atoms with van der Waals surface area (Å²) < 4.78 is 0. The molecule has 0 aliphatic carbocycles. The van der Waals surface area contributed by atoms with Gasteiger partial charge in [-0.15, -0.1) is 11.3 Å². The van der Waals surface area contributed by atoms with Crippen LogP contribution in [0.25, 0.3) is 0 Å². The molecule has 0 spiro atoms. The Hall–Kier alpha value is -1.36. The van der Waals surface area contributed by atoms with Gasteiger partial charge >= 0.3 is 5.97 Å². The number of carbonyl (C=O) groups excluding carboxylic acids is 1. The van der Waals surface area contributed by atoms with Gasteiger partial charge in [0.15, 0.2) is 0 Å². The number of carboxylic acids is 1. The van der Waals surface area contributed by atoms with Gasteiger partial charge in [-0.05, 0) is 43.7 Å². The zero-order chi connectivity index (χ0) is 14.7. The van der Waals surface area contributed by atoms with E-state index in [0.29, 0.717) is 6.54 Å². The molecule has 2 heterocycles. The Balaban J connectivity index is 2.06. The third-order valence-electron chi connectivity index (χ3n) is 3.88. The van der Waals surface area contributed by atoms with Crippen LogP contribution in [0.5, 0.6) is 0 Å². The molecule has 0 radical (unpaired) electrons. The summed E-state index contributed by atoms with van der Waals surface area (Å²) in [5.74, 6) is -0.616. The quantitative estimate of drug-likeness (QED) is 0.929. The van der Waals surface area contributed by atoms with Crippen LogP contribution in [0.15, 0.2) is 6.07 Å². The topological polar surface area (TPSA) is 57.6 Å². The monoisotopic (exact) mass is 295 g/mol. The fourth-order valence-electron chi connectivity index (χ4n) is 2.80. The molecular formula is C15H21NO3S. The minimum atomic E-state index is -0.774. The van der Waals surface area contributed by atoms with Gasteiger partial charge in [0.2, 0.25) is 0 Å². The van der Waals surface area contributed by atoms with Crippen LogP contribution < -0.4 is 0 Å². The first-order valence-corrected chi connectivity index (χ1v) is 7.93. The van der Waals surface area contributed by atoms with Crippen LogP contribution in [-0.2, 0) is 11.2 Å². The molecule has 1 atom stereocenters. The highest BCUT2D eigenvalue weighted by atomic mass is 32.1. The van der Waals surface area contributed by atoms with E-state index in [1.54, 1.807) is 11.3 Å². The van der Waals surface area contributed by atoms with E-state index in [-0.39, 0.29) is 18.2 Å².